The Kier molecular flexibility index (Phi) is 5.55. The molecule has 0 fully saturated rings. The van der Waals surface area contributed by atoms with Gasteiger partial charge < -0.3 is 9.84 Å². The molecule has 0 saturated heterocycles. The van der Waals surface area contributed by atoms with Crippen molar-refractivity contribution in [3.05, 3.63) is 28.3 Å². The fourth-order valence-corrected chi connectivity index (χ4v) is 1.24. The Hall–Kier alpha value is -2.35. The van der Waals surface area contributed by atoms with Crippen molar-refractivity contribution < 1.29 is 24.4 Å². The summed E-state index contributed by atoms with van der Waals surface area (Å²) in [5.74, 6) is -1.02. The van der Waals surface area contributed by atoms with Crippen molar-refractivity contribution in [2.75, 3.05) is 18.7 Å². The molecule has 8 heteroatoms. The van der Waals surface area contributed by atoms with E-state index in [-0.39, 0.29) is 11.4 Å². The first-order chi connectivity index (χ1) is 9.04. The van der Waals surface area contributed by atoms with Crippen molar-refractivity contribution in [3.8, 4) is 5.75 Å². The van der Waals surface area contributed by atoms with Gasteiger partial charge in [-0.15, -0.1) is 0 Å². The van der Waals surface area contributed by atoms with Gasteiger partial charge >= 0.3 is 11.7 Å². The van der Waals surface area contributed by atoms with Gasteiger partial charge in [0.1, 0.15) is 0 Å². The third-order valence-corrected chi connectivity index (χ3v) is 2.00. The number of hydrogen-bond acceptors (Lipinski definition) is 6. The highest BCUT2D eigenvalue weighted by Crippen LogP contribution is 2.30. The minimum absolute atomic E-state index is 0.107. The molecule has 19 heavy (non-hydrogen) atoms. The average molecular weight is 270 g/mol. The number of rotatable bonds is 8. The normalized spacial score (nSPS) is 9.95. The molecule has 0 spiro atoms. The van der Waals surface area contributed by atoms with Crippen LogP contribution < -0.4 is 10.2 Å². The van der Waals surface area contributed by atoms with Gasteiger partial charge in [0.15, 0.2) is 12.4 Å². The predicted molar refractivity (Wildman–Crippen MR) is 66.1 cm³/mol. The number of carbonyl (C=O) groups is 1. The second kappa shape index (κ2) is 7.17. The first-order valence-electron chi connectivity index (χ1n) is 5.55. The van der Waals surface area contributed by atoms with E-state index in [0.29, 0.717) is 18.7 Å². The first kappa shape index (κ1) is 14.7. The second-order valence-electron chi connectivity index (χ2n) is 3.57. The molecule has 1 aromatic carbocycles. The van der Waals surface area contributed by atoms with E-state index >= 15 is 0 Å². The highest BCUT2D eigenvalue weighted by Gasteiger charge is 2.15. The molecule has 0 atom stereocenters. The molecule has 0 saturated carbocycles. The summed E-state index contributed by atoms with van der Waals surface area (Å²) in [6.45, 7) is 1.70. The zero-order valence-corrected chi connectivity index (χ0v) is 10.3. The number of nitrogens with zero attached hydrogens (tertiary/aromatic N) is 1. The monoisotopic (exact) mass is 270 g/mol. The number of aliphatic carboxylic acids is 1. The maximum absolute atomic E-state index is 10.8. The predicted octanol–water partition coefficient (Wildman–Crippen LogP) is 1.81. The molecule has 0 bridgehead atoms. The summed E-state index contributed by atoms with van der Waals surface area (Å²) in [4.78, 5) is 25.2. The summed E-state index contributed by atoms with van der Waals surface area (Å²) in [5.41, 5.74) is 2.59. The van der Waals surface area contributed by atoms with Crippen LogP contribution in [0, 0.1) is 10.1 Å². The molecule has 0 aliphatic carbocycles. The van der Waals surface area contributed by atoms with Gasteiger partial charge in [0.25, 0.3) is 0 Å². The van der Waals surface area contributed by atoms with Crippen LogP contribution in [0.3, 0.4) is 0 Å². The number of anilines is 1. The molecular formula is C11H14N2O6. The molecule has 0 radical (unpaired) electrons. The highest BCUT2D eigenvalue weighted by molar-refractivity contribution is 5.68. The van der Waals surface area contributed by atoms with Gasteiger partial charge in [-0.1, -0.05) is 6.92 Å². The fourth-order valence-electron chi connectivity index (χ4n) is 1.24. The topological polar surface area (TPSA) is 111 Å². The maximum Gasteiger partial charge on any atom is 0.332 e. The standard InChI is InChI=1S/C11H14N2O6/c1-2-5-18-10-6-8(12-19-7-11(14)15)3-4-9(10)13(16)17/h3-4,6,12H,2,5,7H2,1H3,(H,14,15). The number of nitrogens with one attached hydrogen (secondary N) is 1. The molecule has 1 rings (SSSR count). The average Bonchev–Trinajstić information content (AvgIpc) is 2.35. The lowest BCUT2D eigenvalue weighted by molar-refractivity contribution is -0.385. The lowest BCUT2D eigenvalue weighted by Gasteiger charge is -2.09. The molecule has 0 heterocycles. The van der Waals surface area contributed by atoms with Gasteiger partial charge in [-0.05, 0) is 12.5 Å². The van der Waals surface area contributed by atoms with Crippen LogP contribution in [0.5, 0.6) is 5.75 Å². The summed E-state index contributed by atoms with van der Waals surface area (Å²) >= 11 is 0. The minimum Gasteiger partial charge on any atom is -0.487 e. The summed E-state index contributed by atoms with van der Waals surface area (Å²) in [5, 5.41) is 19.2. The minimum atomic E-state index is -1.13. The molecule has 2 N–H and O–H groups in total. The van der Waals surface area contributed by atoms with E-state index in [1.165, 1.54) is 18.2 Å². The van der Waals surface area contributed by atoms with Crippen LogP contribution in [0.25, 0.3) is 0 Å². The van der Waals surface area contributed by atoms with Gasteiger partial charge in [0, 0.05) is 12.1 Å². The lowest BCUT2D eigenvalue weighted by Crippen LogP contribution is -2.11. The van der Waals surface area contributed by atoms with Crippen LogP contribution in [0.2, 0.25) is 0 Å². The maximum atomic E-state index is 10.8. The first-order valence-corrected chi connectivity index (χ1v) is 5.55. The number of carboxylic acid groups (broad SMARTS) is 1. The molecule has 0 aliphatic heterocycles. The molecule has 0 amide bonds. The van der Waals surface area contributed by atoms with Gasteiger partial charge in [-0.2, -0.15) is 0 Å². The molecular weight excluding hydrogens is 256 g/mol. The molecule has 1 aromatic rings. The van der Waals surface area contributed by atoms with E-state index in [0.717, 1.165) is 0 Å². The van der Waals surface area contributed by atoms with E-state index in [1.54, 1.807) is 0 Å². The quantitative estimate of drug-likeness (QED) is 0.547. The van der Waals surface area contributed by atoms with Gasteiger partial charge in [-0.3, -0.25) is 20.4 Å². The van der Waals surface area contributed by atoms with Crippen molar-refractivity contribution in [2.24, 2.45) is 0 Å². The molecule has 0 unspecified atom stereocenters. The Morgan fingerprint density at radius 1 is 1.53 bits per heavy atom. The van der Waals surface area contributed by atoms with E-state index < -0.39 is 17.5 Å². The number of nitro groups is 1. The fraction of sp³-hybridized carbons (Fsp3) is 0.364. The molecule has 104 valence electrons. The summed E-state index contributed by atoms with van der Waals surface area (Å²) in [6, 6.07) is 4.05. The Labute approximate surface area is 109 Å². The van der Waals surface area contributed by atoms with E-state index in [9.17, 15) is 14.9 Å². The van der Waals surface area contributed by atoms with Crippen molar-refractivity contribution in [3.63, 3.8) is 0 Å². The molecule has 0 aromatic heterocycles. The SMILES string of the molecule is CCCOc1cc(NOCC(=O)O)ccc1[N+](=O)[O-]. The zero-order valence-electron chi connectivity index (χ0n) is 10.3. The van der Waals surface area contributed by atoms with Crippen LogP contribution in [-0.2, 0) is 9.63 Å². The summed E-state index contributed by atoms with van der Waals surface area (Å²) in [7, 11) is 0. The molecule has 0 aliphatic rings. The summed E-state index contributed by atoms with van der Waals surface area (Å²) < 4.78 is 5.26. The number of hydrogen-bond donors (Lipinski definition) is 2. The Morgan fingerprint density at radius 2 is 2.26 bits per heavy atom. The van der Waals surface area contributed by atoms with E-state index in [4.69, 9.17) is 9.84 Å². The largest absolute Gasteiger partial charge is 0.487 e. The van der Waals surface area contributed by atoms with Crippen LogP contribution in [-0.4, -0.2) is 29.2 Å². The number of benzene rings is 1. The Bertz CT molecular complexity index is 462. The second-order valence-corrected chi connectivity index (χ2v) is 3.57. The van der Waals surface area contributed by atoms with Gasteiger partial charge in [-0.25, -0.2) is 4.79 Å². The Balaban J connectivity index is 2.78. The third-order valence-electron chi connectivity index (χ3n) is 2.00. The number of ether oxygens (including phenoxy) is 1. The number of nitro benzene ring substituents is 1. The van der Waals surface area contributed by atoms with Gasteiger partial charge in [0.2, 0.25) is 0 Å². The van der Waals surface area contributed by atoms with Crippen molar-refractivity contribution in [1.29, 1.82) is 0 Å². The van der Waals surface area contributed by atoms with Crippen LogP contribution in [0.1, 0.15) is 13.3 Å². The van der Waals surface area contributed by atoms with Crippen LogP contribution in [0.4, 0.5) is 11.4 Å². The smallest absolute Gasteiger partial charge is 0.332 e. The lowest BCUT2D eigenvalue weighted by atomic mass is 10.2. The van der Waals surface area contributed by atoms with Crippen LogP contribution >= 0.6 is 0 Å². The van der Waals surface area contributed by atoms with Crippen molar-refractivity contribution in [1.82, 2.24) is 0 Å². The third kappa shape index (κ3) is 4.80. The van der Waals surface area contributed by atoms with Crippen LogP contribution in [0.15, 0.2) is 18.2 Å². The van der Waals surface area contributed by atoms with E-state index in [1.807, 2.05) is 6.92 Å². The number of carboxylic acids is 1. The van der Waals surface area contributed by atoms with Crippen molar-refractivity contribution in [2.45, 2.75) is 13.3 Å². The molecule has 8 nitrogen and oxygen atoms in total. The summed E-state index contributed by atoms with van der Waals surface area (Å²) in [6.07, 6.45) is 0.713. The van der Waals surface area contributed by atoms with E-state index in [2.05, 4.69) is 10.3 Å². The Morgan fingerprint density at radius 3 is 2.84 bits per heavy atom. The van der Waals surface area contributed by atoms with Crippen molar-refractivity contribution >= 4 is 17.3 Å². The van der Waals surface area contributed by atoms with Gasteiger partial charge in [0.05, 0.1) is 17.2 Å². The zero-order chi connectivity index (χ0) is 14.3. The highest BCUT2D eigenvalue weighted by atomic mass is 16.7.